The van der Waals surface area contributed by atoms with Crippen molar-refractivity contribution in [2.75, 3.05) is 6.61 Å². The average molecular weight is 251 g/mol. The van der Waals surface area contributed by atoms with Gasteiger partial charge < -0.3 is 9.57 Å². The van der Waals surface area contributed by atoms with Crippen molar-refractivity contribution in [3.63, 3.8) is 0 Å². The quantitative estimate of drug-likeness (QED) is 0.595. The molecule has 0 fully saturated rings. The zero-order valence-electron chi connectivity index (χ0n) is 8.44. The van der Waals surface area contributed by atoms with Crippen molar-refractivity contribution in [3.05, 3.63) is 39.9 Å². The first kappa shape index (κ1) is 13.1. The lowest BCUT2D eigenvalue weighted by Crippen LogP contribution is -2.17. The van der Waals surface area contributed by atoms with Crippen molar-refractivity contribution >= 4 is 0 Å². The molecule has 0 bridgehead atoms. The summed E-state index contributed by atoms with van der Waals surface area (Å²) in [5.74, 6) is -0.365. The molecule has 5 nitrogen and oxygen atoms in total. The Kier molecular flexibility index (Phi) is 4.13. The topological polar surface area (TPSA) is 61.6 Å². The molecule has 1 aromatic carbocycles. The fraction of sp³-hybridized carbons (Fsp3) is 0.333. The smallest absolute Gasteiger partial charge is 0.406 e. The van der Waals surface area contributed by atoms with Gasteiger partial charge in [0.2, 0.25) is 0 Å². The number of rotatable bonds is 5. The van der Waals surface area contributed by atoms with E-state index in [1.807, 2.05) is 0 Å². The molecule has 0 unspecified atom stereocenters. The van der Waals surface area contributed by atoms with Crippen molar-refractivity contribution in [1.29, 1.82) is 0 Å². The first-order valence-corrected chi connectivity index (χ1v) is 4.49. The Morgan fingerprint density at radius 3 is 2.65 bits per heavy atom. The molecule has 0 radical (unpaired) electrons. The summed E-state index contributed by atoms with van der Waals surface area (Å²) in [6, 6.07) is 5.18. The second kappa shape index (κ2) is 5.37. The van der Waals surface area contributed by atoms with Gasteiger partial charge in [-0.25, -0.2) is 0 Å². The van der Waals surface area contributed by atoms with Crippen LogP contribution in [-0.4, -0.2) is 18.1 Å². The molecule has 0 saturated carbocycles. The Bertz CT molecular complexity index is 394. The molecule has 0 aromatic heterocycles. The third-order valence-corrected chi connectivity index (χ3v) is 1.72. The summed E-state index contributed by atoms with van der Waals surface area (Å²) in [4.78, 5) is 13.9. The van der Waals surface area contributed by atoms with Crippen LogP contribution < -0.4 is 4.74 Å². The number of ether oxygens (including phenoxy) is 1. The molecule has 8 heteroatoms. The van der Waals surface area contributed by atoms with Crippen molar-refractivity contribution in [3.8, 4) is 5.75 Å². The van der Waals surface area contributed by atoms with E-state index in [1.54, 1.807) is 0 Å². The van der Waals surface area contributed by atoms with Gasteiger partial charge in [0.1, 0.15) is 12.4 Å². The molecule has 1 aromatic rings. The molecule has 0 N–H and O–H groups in total. The van der Waals surface area contributed by atoms with Crippen LogP contribution in [0.15, 0.2) is 24.3 Å². The fourth-order valence-electron chi connectivity index (χ4n) is 1.14. The van der Waals surface area contributed by atoms with Crippen molar-refractivity contribution in [2.24, 2.45) is 0 Å². The molecular formula is C9H8F3NO4. The predicted molar refractivity (Wildman–Crippen MR) is 49.8 cm³/mol. The van der Waals surface area contributed by atoms with E-state index >= 15 is 0 Å². The zero-order chi connectivity index (χ0) is 12.9. The molecule has 0 spiro atoms. The lowest BCUT2D eigenvalue weighted by atomic mass is 10.1. The lowest BCUT2D eigenvalue weighted by Gasteiger charge is -2.09. The Morgan fingerprint density at radius 1 is 1.35 bits per heavy atom. The molecule has 0 atom stereocenters. The van der Waals surface area contributed by atoms with Crippen LogP contribution in [0.3, 0.4) is 0 Å². The van der Waals surface area contributed by atoms with Crippen molar-refractivity contribution in [2.45, 2.75) is 12.8 Å². The Labute approximate surface area is 93.9 Å². The minimum absolute atomic E-state index is 0.121. The molecule has 0 saturated heterocycles. The highest BCUT2D eigenvalue weighted by Crippen LogP contribution is 2.23. The fourth-order valence-corrected chi connectivity index (χ4v) is 1.14. The number of hydrogen-bond donors (Lipinski definition) is 0. The number of benzene rings is 1. The highest BCUT2D eigenvalue weighted by molar-refractivity contribution is 5.28. The van der Waals surface area contributed by atoms with Crippen LogP contribution in [0.4, 0.5) is 13.2 Å². The summed E-state index contributed by atoms with van der Waals surface area (Å²) in [5.41, 5.74) is 0.452. The van der Waals surface area contributed by atoms with E-state index in [9.17, 15) is 23.3 Å². The Hall–Kier alpha value is -1.99. The second-order valence-corrected chi connectivity index (χ2v) is 3.00. The molecule has 0 aliphatic heterocycles. The van der Waals surface area contributed by atoms with Gasteiger partial charge >= 0.3 is 6.36 Å². The summed E-state index contributed by atoms with van der Waals surface area (Å²) in [5, 5.41) is 8.89. The third kappa shape index (κ3) is 5.59. The highest BCUT2D eigenvalue weighted by Gasteiger charge is 2.31. The molecule has 1 rings (SSSR count). The van der Waals surface area contributed by atoms with E-state index < -0.39 is 11.4 Å². The van der Waals surface area contributed by atoms with E-state index in [0.29, 0.717) is 5.56 Å². The molecule has 0 aliphatic rings. The SMILES string of the molecule is O=[N+]([O-])OCCc1cccc(OC(F)(F)F)c1. The standard InChI is InChI=1S/C9H8F3NO4/c10-9(11,12)17-8-3-1-2-7(6-8)4-5-16-13(14)15/h1-3,6H,4-5H2. The van der Waals surface area contributed by atoms with E-state index in [0.717, 1.165) is 12.1 Å². The van der Waals surface area contributed by atoms with Gasteiger partial charge in [0.25, 0.3) is 5.09 Å². The van der Waals surface area contributed by atoms with Gasteiger partial charge in [-0.3, -0.25) is 0 Å². The maximum atomic E-state index is 11.9. The van der Waals surface area contributed by atoms with Gasteiger partial charge in [-0.2, -0.15) is 0 Å². The Balaban J connectivity index is 2.57. The van der Waals surface area contributed by atoms with Gasteiger partial charge in [-0.15, -0.1) is 23.3 Å². The molecule has 0 aliphatic carbocycles. The monoisotopic (exact) mass is 251 g/mol. The molecule has 94 valence electrons. The van der Waals surface area contributed by atoms with Gasteiger partial charge in [0.15, 0.2) is 0 Å². The van der Waals surface area contributed by atoms with Crippen LogP contribution in [0.5, 0.6) is 5.75 Å². The lowest BCUT2D eigenvalue weighted by molar-refractivity contribution is -0.757. The van der Waals surface area contributed by atoms with Crippen LogP contribution in [-0.2, 0) is 11.3 Å². The van der Waals surface area contributed by atoms with E-state index in [4.69, 9.17) is 0 Å². The minimum Gasteiger partial charge on any atom is -0.406 e. The normalized spacial score (nSPS) is 11.0. The third-order valence-electron chi connectivity index (χ3n) is 1.72. The number of nitrogens with zero attached hydrogens (tertiary/aromatic N) is 1. The maximum Gasteiger partial charge on any atom is 0.573 e. The van der Waals surface area contributed by atoms with Gasteiger partial charge in [-0.1, -0.05) is 12.1 Å². The largest absolute Gasteiger partial charge is 0.573 e. The molecular weight excluding hydrogens is 243 g/mol. The maximum absolute atomic E-state index is 11.9. The van der Waals surface area contributed by atoms with Crippen LogP contribution in [0.1, 0.15) is 5.56 Å². The van der Waals surface area contributed by atoms with Crippen LogP contribution in [0, 0.1) is 10.1 Å². The summed E-state index contributed by atoms with van der Waals surface area (Å²) in [7, 11) is 0. The van der Waals surface area contributed by atoms with E-state index in [2.05, 4.69) is 9.57 Å². The second-order valence-electron chi connectivity index (χ2n) is 3.00. The first-order chi connectivity index (χ1) is 7.87. The van der Waals surface area contributed by atoms with Crippen LogP contribution in [0.25, 0.3) is 0 Å². The molecule has 0 heterocycles. The number of hydrogen-bond acceptors (Lipinski definition) is 4. The predicted octanol–water partition coefficient (Wildman–Crippen LogP) is 2.34. The summed E-state index contributed by atoms with van der Waals surface area (Å²) in [6.07, 6.45) is -4.63. The van der Waals surface area contributed by atoms with Crippen molar-refractivity contribution in [1.82, 2.24) is 0 Å². The van der Waals surface area contributed by atoms with Crippen LogP contribution in [0.2, 0.25) is 0 Å². The van der Waals surface area contributed by atoms with Gasteiger partial charge in [0.05, 0.1) is 0 Å². The van der Waals surface area contributed by atoms with Crippen LogP contribution >= 0.6 is 0 Å². The van der Waals surface area contributed by atoms with Gasteiger partial charge in [0, 0.05) is 0 Å². The van der Waals surface area contributed by atoms with Crippen molar-refractivity contribution < 1.29 is 27.8 Å². The number of alkyl halides is 3. The first-order valence-electron chi connectivity index (χ1n) is 4.49. The van der Waals surface area contributed by atoms with E-state index in [-0.39, 0.29) is 18.8 Å². The summed E-state index contributed by atoms with van der Waals surface area (Å²) in [6.45, 7) is -0.220. The number of halogens is 3. The highest BCUT2D eigenvalue weighted by atomic mass is 19.4. The van der Waals surface area contributed by atoms with E-state index in [1.165, 1.54) is 12.1 Å². The summed E-state index contributed by atoms with van der Waals surface area (Å²) >= 11 is 0. The zero-order valence-corrected chi connectivity index (χ0v) is 8.44. The minimum atomic E-state index is -4.75. The van der Waals surface area contributed by atoms with Gasteiger partial charge in [-0.05, 0) is 24.1 Å². The Morgan fingerprint density at radius 2 is 2.06 bits per heavy atom. The summed E-state index contributed by atoms with van der Waals surface area (Å²) < 4.78 is 39.4. The molecule has 0 amide bonds. The molecule has 17 heavy (non-hydrogen) atoms. The average Bonchev–Trinajstić information content (AvgIpc) is 2.14.